The van der Waals surface area contributed by atoms with E-state index in [1.165, 1.54) is 25.7 Å². The van der Waals surface area contributed by atoms with Crippen molar-refractivity contribution in [3.63, 3.8) is 0 Å². The van der Waals surface area contributed by atoms with Gasteiger partial charge >= 0.3 is 0 Å². The summed E-state index contributed by atoms with van der Waals surface area (Å²) >= 11 is 0. The molecule has 0 aliphatic heterocycles. The number of nitrogen functional groups attached to an aromatic ring is 1. The van der Waals surface area contributed by atoms with Crippen molar-refractivity contribution in [1.29, 1.82) is 0 Å². The number of anilines is 1. The fraction of sp³-hybridized carbons (Fsp3) is 0.700. The minimum atomic E-state index is 0.502. The van der Waals surface area contributed by atoms with E-state index < -0.39 is 0 Å². The SMILES string of the molecule is CC(CC1CCC1)n1cc(N)cn1. The standard InChI is InChI=1S/C10H17N3/c1-8(5-9-3-2-4-9)13-7-10(11)6-12-13/h6-9H,2-5,11H2,1H3. The minimum absolute atomic E-state index is 0.502. The Hall–Kier alpha value is -0.990. The molecule has 1 aromatic rings. The molecule has 0 aromatic carbocycles. The molecular formula is C10H17N3. The van der Waals surface area contributed by atoms with Crippen LogP contribution < -0.4 is 5.73 Å². The van der Waals surface area contributed by atoms with Gasteiger partial charge in [-0.15, -0.1) is 0 Å². The maximum Gasteiger partial charge on any atom is 0.0719 e. The highest BCUT2D eigenvalue weighted by molar-refractivity contribution is 5.30. The first-order chi connectivity index (χ1) is 6.25. The third-order valence-corrected chi connectivity index (χ3v) is 2.97. The zero-order valence-electron chi connectivity index (χ0n) is 8.11. The molecule has 0 spiro atoms. The van der Waals surface area contributed by atoms with Crippen molar-refractivity contribution < 1.29 is 0 Å². The monoisotopic (exact) mass is 179 g/mol. The molecular weight excluding hydrogens is 162 g/mol. The molecule has 1 heterocycles. The molecule has 1 aromatic heterocycles. The molecule has 0 bridgehead atoms. The Morgan fingerprint density at radius 2 is 2.46 bits per heavy atom. The van der Waals surface area contributed by atoms with Gasteiger partial charge in [0.1, 0.15) is 0 Å². The van der Waals surface area contributed by atoms with Gasteiger partial charge in [-0.3, -0.25) is 4.68 Å². The van der Waals surface area contributed by atoms with E-state index in [4.69, 9.17) is 5.73 Å². The van der Waals surface area contributed by atoms with Crippen molar-refractivity contribution in [2.24, 2.45) is 5.92 Å². The normalized spacial score (nSPS) is 19.8. The molecule has 1 aliphatic rings. The van der Waals surface area contributed by atoms with E-state index in [2.05, 4.69) is 12.0 Å². The van der Waals surface area contributed by atoms with E-state index in [0.717, 1.165) is 11.6 Å². The van der Waals surface area contributed by atoms with Crippen LogP contribution >= 0.6 is 0 Å². The van der Waals surface area contributed by atoms with Gasteiger partial charge in [-0.2, -0.15) is 5.10 Å². The Morgan fingerprint density at radius 1 is 1.69 bits per heavy atom. The van der Waals surface area contributed by atoms with Crippen LogP contribution in [0.25, 0.3) is 0 Å². The average molecular weight is 179 g/mol. The highest BCUT2D eigenvalue weighted by Gasteiger charge is 2.20. The first-order valence-corrected chi connectivity index (χ1v) is 5.05. The molecule has 0 saturated heterocycles. The second-order valence-corrected chi connectivity index (χ2v) is 4.14. The first kappa shape index (κ1) is 8.60. The molecule has 72 valence electrons. The summed E-state index contributed by atoms with van der Waals surface area (Å²) in [6.07, 6.45) is 9.11. The summed E-state index contributed by atoms with van der Waals surface area (Å²) in [5.41, 5.74) is 6.37. The van der Waals surface area contributed by atoms with Crippen molar-refractivity contribution >= 4 is 5.69 Å². The van der Waals surface area contributed by atoms with Gasteiger partial charge in [-0.1, -0.05) is 19.3 Å². The maximum atomic E-state index is 5.61. The van der Waals surface area contributed by atoms with Crippen LogP contribution in [0, 0.1) is 5.92 Å². The number of hydrogen-bond acceptors (Lipinski definition) is 2. The quantitative estimate of drug-likeness (QED) is 0.773. The summed E-state index contributed by atoms with van der Waals surface area (Å²) in [5, 5.41) is 4.22. The Bertz CT molecular complexity index is 275. The van der Waals surface area contributed by atoms with Gasteiger partial charge in [0.2, 0.25) is 0 Å². The van der Waals surface area contributed by atoms with Gasteiger partial charge in [-0.25, -0.2) is 0 Å². The lowest BCUT2D eigenvalue weighted by Gasteiger charge is -2.28. The lowest BCUT2D eigenvalue weighted by Crippen LogP contribution is -2.17. The molecule has 1 aliphatic carbocycles. The molecule has 3 heteroatoms. The van der Waals surface area contributed by atoms with E-state index in [-0.39, 0.29) is 0 Å². The number of nitrogens with zero attached hydrogens (tertiary/aromatic N) is 2. The van der Waals surface area contributed by atoms with Gasteiger partial charge in [-0.05, 0) is 19.3 Å². The van der Waals surface area contributed by atoms with E-state index >= 15 is 0 Å². The zero-order valence-corrected chi connectivity index (χ0v) is 8.11. The second kappa shape index (κ2) is 3.40. The van der Waals surface area contributed by atoms with Crippen molar-refractivity contribution in [2.45, 2.75) is 38.6 Å². The second-order valence-electron chi connectivity index (χ2n) is 4.14. The topological polar surface area (TPSA) is 43.8 Å². The third-order valence-electron chi connectivity index (χ3n) is 2.97. The van der Waals surface area contributed by atoms with Crippen LogP contribution in [0.4, 0.5) is 5.69 Å². The molecule has 1 atom stereocenters. The minimum Gasteiger partial charge on any atom is -0.396 e. The van der Waals surface area contributed by atoms with Gasteiger partial charge in [0.25, 0.3) is 0 Å². The van der Waals surface area contributed by atoms with E-state index in [1.807, 2.05) is 10.9 Å². The van der Waals surface area contributed by atoms with Crippen LogP contribution in [0.3, 0.4) is 0 Å². The molecule has 1 unspecified atom stereocenters. The highest BCUT2D eigenvalue weighted by atomic mass is 15.3. The predicted molar refractivity (Wildman–Crippen MR) is 53.3 cm³/mol. The van der Waals surface area contributed by atoms with Gasteiger partial charge in [0, 0.05) is 12.2 Å². The van der Waals surface area contributed by atoms with Gasteiger partial charge in [0.15, 0.2) is 0 Å². The Labute approximate surface area is 78.9 Å². The lowest BCUT2D eigenvalue weighted by molar-refractivity contribution is 0.250. The summed E-state index contributed by atoms with van der Waals surface area (Å²) < 4.78 is 1.98. The van der Waals surface area contributed by atoms with Crippen LogP contribution in [0.2, 0.25) is 0 Å². The van der Waals surface area contributed by atoms with E-state index in [1.54, 1.807) is 6.20 Å². The van der Waals surface area contributed by atoms with Gasteiger partial charge in [0.05, 0.1) is 11.9 Å². The van der Waals surface area contributed by atoms with Crippen LogP contribution in [-0.2, 0) is 0 Å². The van der Waals surface area contributed by atoms with Crippen LogP contribution in [0.5, 0.6) is 0 Å². The smallest absolute Gasteiger partial charge is 0.0719 e. The van der Waals surface area contributed by atoms with Gasteiger partial charge < -0.3 is 5.73 Å². The molecule has 2 N–H and O–H groups in total. The molecule has 0 amide bonds. The number of rotatable bonds is 3. The Kier molecular flexibility index (Phi) is 2.25. The highest BCUT2D eigenvalue weighted by Crippen LogP contribution is 2.33. The van der Waals surface area contributed by atoms with Crippen LogP contribution in [0.1, 0.15) is 38.6 Å². The molecule has 2 rings (SSSR count). The lowest BCUT2D eigenvalue weighted by atomic mass is 9.81. The van der Waals surface area contributed by atoms with Crippen molar-refractivity contribution in [1.82, 2.24) is 9.78 Å². The Balaban J connectivity index is 1.92. The fourth-order valence-electron chi connectivity index (χ4n) is 1.91. The zero-order chi connectivity index (χ0) is 9.26. The largest absolute Gasteiger partial charge is 0.396 e. The summed E-state index contributed by atoms with van der Waals surface area (Å²) in [5.74, 6) is 0.931. The van der Waals surface area contributed by atoms with Crippen molar-refractivity contribution in [3.05, 3.63) is 12.4 Å². The molecule has 0 radical (unpaired) electrons. The molecule has 1 fully saturated rings. The fourth-order valence-corrected chi connectivity index (χ4v) is 1.91. The van der Waals surface area contributed by atoms with E-state index in [9.17, 15) is 0 Å². The van der Waals surface area contributed by atoms with Crippen molar-refractivity contribution in [3.8, 4) is 0 Å². The molecule has 13 heavy (non-hydrogen) atoms. The summed E-state index contributed by atoms with van der Waals surface area (Å²) in [7, 11) is 0. The summed E-state index contributed by atoms with van der Waals surface area (Å²) in [4.78, 5) is 0. The van der Waals surface area contributed by atoms with E-state index in [0.29, 0.717) is 6.04 Å². The number of nitrogens with two attached hydrogens (primary N) is 1. The average Bonchev–Trinajstić information content (AvgIpc) is 2.44. The number of aromatic nitrogens is 2. The number of hydrogen-bond donors (Lipinski definition) is 1. The summed E-state index contributed by atoms with van der Waals surface area (Å²) in [6.45, 7) is 2.21. The predicted octanol–water partition coefficient (Wildman–Crippen LogP) is 2.22. The molecule has 1 saturated carbocycles. The molecule has 3 nitrogen and oxygen atoms in total. The Morgan fingerprint density at radius 3 is 2.92 bits per heavy atom. The van der Waals surface area contributed by atoms with Crippen LogP contribution in [-0.4, -0.2) is 9.78 Å². The first-order valence-electron chi connectivity index (χ1n) is 5.05. The third kappa shape index (κ3) is 1.85. The van der Waals surface area contributed by atoms with Crippen LogP contribution in [0.15, 0.2) is 12.4 Å². The maximum absolute atomic E-state index is 5.61. The summed E-state index contributed by atoms with van der Waals surface area (Å²) in [6, 6.07) is 0.502. The van der Waals surface area contributed by atoms with Crippen molar-refractivity contribution in [2.75, 3.05) is 5.73 Å².